The molecule has 2 fully saturated rings. The molecule has 1 aliphatic carbocycles. The van der Waals surface area contributed by atoms with Crippen LogP contribution in [0.4, 0.5) is 0 Å². The molecule has 1 amide bonds. The van der Waals surface area contributed by atoms with E-state index in [0.717, 1.165) is 50.1 Å². The third-order valence-electron chi connectivity index (χ3n) is 5.82. The molecule has 120 valence electrons. The van der Waals surface area contributed by atoms with Crippen molar-refractivity contribution in [3.8, 4) is 5.75 Å². The van der Waals surface area contributed by atoms with Gasteiger partial charge in [-0.15, -0.1) is 0 Å². The third-order valence-corrected chi connectivity index (χ3v) is 5.82. The molecule has 1 N–H and O–H groups in total. The van der Waals surface area contributed by atoms with Crippen molar-refractivity contribution >= 4 is 5.91 Å². The lowest BCUT2D eigenvalue weighted by Crippen LogP contribution is -2.60. The number of nitrogens with zero attached hydrogens (tertiary/aromatic N) is 1. The lowest BCUT2D eigenvalue weighted by molar-refractivity contribution is -0.180. The molecule has 4 heteroatoms. The van der Waals surface area contributed by atoms with Gasteiger partial charge in [0, 0.05) is 18.5 Å². The highest BCUT2D eigenvalue weighted by atomic mass is 16.5. The second kappa shape index (κ2) is 5.58. The van der Waals surface area contributed by atoms with Crippen molar-refractivity contribution in [2.75, 3.05) is 20.2 Å². The number of ether oxygens (including phenoxy) is 1. The van der Waals surface area contributed by atoms with Crippen LogP contribution in [0.5, 0.6) is 5.75 Å². The predicted octanol–water partition coefficient (Wildman–Crippen LogP) is 2.39. The fourth-order valence-corrected chi connectivity index (χ4v) is 3.84. The smallest absolute Gasteiger partial charge is 0.226 e. The van der Waals surface area contributed by atoms with Crippen LogP contribution in [0, 0.1) is 5.41 Å². The Balaban J connectivity index is 1.56. The molecule has 1 aromatic rings. The zero-order valence-electron chi connectivity index (χ0n) is 13.5. The van der Waals surface area contributed by atoms with Crippen molar-refractivity contribution in [1.82, 2.24) is 4.90 Å². The summed E-state index contributed by atoms with van der Waals surface area (Å²) < 4.78 is 5.13. The fraction of sp³-hybridized carbons (Fsp3) is 0.611. The van der Waals surface area contributed by atoms with E-state index in [4.69, 9.17) is 4.74 Å². The summed E-state index contributed by atoms with van der Waals surface area (Å²) in [4.78, 5) is 14.4. The second-order valence-corrected chi connectivity index (χ2v) is 6.96. The number of likely N-dealkylation sites (tertiary alicyclic amines) is 1. The number of amides is 1. The summed E-state index contributed by atoms with van der Waals surface area (Å²) in [5.74, 6) is 0.988. The lowest BCUT2D eigenvalue weighted by Gasteiger charge is -2.58. The fourth-order valence-electron chi connectivity index (χ4n) is 3.84. The highest BCUT2D eigenvalue weighted by Crippen LogP contribution is 2.56. The minimum Gasteiger partial charge on any atom is -0.497 e. The first-order valence-electron chi connectivity index (χ1n) is 8.09. The molecule has 3 rings (SSSR count). The Kier molecular flexibility index (Phi) is 3.89. The highest BCUT2D eigenvalue weighted by molar-refractivity contribution is 5.79. The normalized spacial score (nSPS) is 26.6. The Morgan fingerprint density at radius 3 is 2.27 bits per heavy atom. The Bertz CT molecular complexity index is 542. The number of aliphatic hydroxyl groups is 1. The van der Waals surface area contributed by atoms with Gasteiger partial charge < -0.3 is 14.7 Å². The van der Waals surface area contributed by atoms with Gasteiger partial charge in [-0.3, -0.25) is 4.79 Å². The molecule has 1 atom stereocenters. The number of benzene rings is 1. The maximum atomic E-state index is 12.4. The predicted molar refractivity (Wildman–Crippen MR) is 84.8 cm³/mol. The average Bonchev–Trinajstić information content (AvgIpc) is 2.54. The number of piperidine rings is 1. The van der Waals surface area contributed by atoms with Crippen LogP contribution in [0.3, 0.4) is 0 Å². The molecule has 2 aliphatic rings. The van der Waals surface area contributed by atoms with Gasteiger partial charge in [0.1, 0.15) is 5.75 Å². The van der Waals surface area contributed by atoms with E-state index in [1.165, 1.54) is 0 Å². The van der Waals surface area contributed by atoms with Crippen LogP contribution in [-0.4, -0.2) is 41.7 Å². The monoisotopic (exact) mass is 303 g/mol. The van der Waals surface area contributed by atoms with Crippen LogP contribution in [0.15, 0.2) is 24.3 Å². The molecule has 0 aromatic heterocycles. The molecular formula is C18H25NO3. The molecule has 1 heterocycles. The second-order valence-electron chi connectivity index (χ2n) is 6.96. The lowest BCUT2D eigenvalue weighted by atomic mass is 9.53. The first-order chi connectivity index (χ1) is 10.5. The van der Waals surface area contributed by atoms with Gasteiger partial charge in [0.25, 0.3) is 0 Å². The van der Waals surface area contributed by atoms with Gasteiger partial charge in [0.05, 0.1) is 19.1 Å². The molecule has 1 unspecified atom stereocenters. The van der Waals surface area contributed by atoms with E-state index in [1.54, 1.807) is 7.11 Å². The van der Waals surface area contributed by atoms with Crippen molar-refractivity contribution in [2.45, 2.75) is 44.6 Å². The van der Waals surface area contributed by atoms with E-state index in [9.17, 15) is 9.90 Å². The van der Waals surface area contributed by atoms with E-state index < -0.39 is 5.60 Å². The maximum absolute atomic E-state index is 12.4. The molecular weight excluding hydrogens is 278 g/mol. The Hall–Kier alpha value is -1.55. The van der Waals surface area contributed by atoms with Gasteiger partial charge in [-0.05, 0) is 50.3 Å². The van der Waals surface area contributed by atoms with Gasteiger partial charge in [-0.2, -0.15) is 0 Å². The summed E-state index contributed by atoms with van der Waals surface area (Å²) >= 11 is 0. The Morgan fingerprint density at radius 1 is 1.18 bits per heavy atom. The van der Waals surface area contributed by atoms with E-state index in [1.807, 2.05) is 36.1 Å². The summed E-state index contributed by atoms with van der Waals surface area (Å²) in [5, 5.41) is 10.4. The summed E-state index contributed by atoms with van der Waals surface area (Å²) in [6.45, 7) is 3.49. The van der Waals surface area contributed by atoms with Crippen LogP contribution >= 0.6 is 0 Å². The zero-order valence-corrected chi connectivity index (χ0v) is 13.5. The van der Waals surface area contributed by atoms with Crippen LogP contribution < -0.4 is 4.74 Å². The van der Waals surface area contributed by atoms with Crippen LogP contribution in [-0.2, 0) is 11.2 Å². The number of rotatable bonds is 3. The van der Waals surface area contributed by atoms with Crippen LogP contribution in [0.25, 0.3) is 0 Å². The number of carbonyl (C=O) groups is 1. The van der Waals surface area contributed by atoms with Gasteiger partial charge in [-0.25, -0.2) is 0 Å². The topological polar surface area (TPSA) is 49.8 Å². The highest BCUT2D eigenvalue weighted by Gasteiger charge is 2.55. The maximum Gasteiger partial charge on any atom is 0.226 e. The number of methoxy groups -OCH3 is 1. The van der Waals surface area contributed by atoms with Crippen molar-refractivity contribution in [2.24, 2.45) is 5.41 Å². The number of carbonyl (C=O) groups excluding carboxylic acids is 1. The van der Waals surface area contributed by atoms with E-state index >= 15 is 0 Å². The van der Waals surface area contributed by atoms with Crippen LogP contribution in [0.1, 0.15) is 38.2 Å². The van der Waals surface area contributed by atoms with Gasteiger partial charge >= 0.3 is 0 Å². The standard InChI is InChI=1S/C18H25NO3/c1-17(21)7-8-18(17)9-11-19(12-10-18)16(20)13-14-3-5-15(22-2)6-4-14/h3-6,21H,7-13H2,1-2H3. The molecule has 0 radical (unpaired) electrons. The molecule has 0 bridgehead atoms. The van der Waals surface area contributed by atoms with E-state index in [0.29, 0.717) is 6.42 Å². The minimum absolute atomic E-state index is 0.0594. The zero-order chi connectivity index (χ0) is 15.8. The molecule has 1 saturated heterocycles. The molecule has 1 spiro atoms. The SMILES string of the molecule is COc1ccc(CC(=O)N2CCC3(CC2)CCC3(C)O)cc1. The van der Waals surface area contributed by atoms with Gasteiger partial charge in [0.15, 0.2) is 0 Å². The quantitative estimate of drug-likeness (QED) is 0.933. The Labute approximate surface area is 132 Å². The first-order valence-corrected chi connectivity index (χ1v) is 8.09. The first kappa shape index (κ1) is 15.3. The summed E-state index contributed by atoms with van der Waals surface area (Å²) in [6.07, 6.45) is 4.28. The summed E-state index contributed by atoms with van der Waals surface area (Å²) in [7, 11) is 1.64. The van der Waals surface area contributed by atoms with Crippen molar-refractivity contribution in [1.29, 1.82) is 0 Å². The van der Waals surface area contributed by atoms with Crippen LogP contribution in [0.2, 0.25) is 0 Å². The molecule has 4 nitrogen and oxygen atoms in total. The number of hydrogen-bond donors (Lipinski definition) is 1. The minimum atomic E-state index is -0.530. The van der Waals surface area contributed by atoms with Crippen molar-refractivity contribution < 1.29 is 14.6 Å². The Morgan fingerprint density at radius 2 is 1.82 bits per heavy atom. The molecule has 1 aliphatic heterocycles. The molecule has 1 aromatic carbocycles. The average molecular weight is 303 g/mol. The van der Waals surface area contributed by atoms with Gasteiger partial charge in [0.2, 0.25) is 5.91 Å². The summed E-state index contributed by atoms with van der Waals surface area (Å²) in [6, 6.07) is 7.66. The third kappa shape index (κ3) is 2.60. The molecule has 1 saturated carbocycles. The van der Waals surface area contributed by atoms with Crippen molar-refractivity contribution in [3.63, 3.8) is 0 Å². The number of hydrogen-bond acceptors (Lipinski definition) is 3. The van der Waals surface area contributed by atoms with Gasteiger partial charge in [-0.1, -0.05) is 12.1 Å². The molecule has 22 heavy (non-hydrogen) atoms. The van der Waals surface area contributed by atoms with Crippen molar-refractivity contribution in [3.05, 3.63) is 29.8 Å². The van der Waals surface area contributed by atoms with E-state index in [-0.39, 0.29) is 11.3 Å². The van der Waals surface area contributed by atoms with E-state index in [2.05, 4.69) is 0 Å². The largest absolute Gasteiger partial charge is 0.497 e. The summed E-state index contributed by atoms with van der Waals surface area (Å²) in [5.41, 5.74) is 0.545.